The summed E-state index contributed by atoms with van der Waals surface area (Å²) in [5.41, 5.74) is 0. The minimum atomic E-state index is 0.377. The van der Waals surface area contributed by atoms with Gasteiger partial charge in [0.15, 0.2) is 0 Å². The Kier molecular flexibility index (Phi) is 17.1. The number of hydrogen-bond donors (Lipinski definition) is 0. The minimum Gasteiger partial charge on any atom is -0.379 e. The number of aldehydes is 1. The quantitative estimate of drug-likeness (QED) is 0.569. The van der Waals surface area contributed by atoms with Crippen molar-refractivity contribution >= 4 is 6.29 Å². The number of carbonyl (C=O) groups excluding carboxylic acids is 1. The summed E-state index contributed by atoms with van der Waals surface area (Å²) in [6.07, 6.45) is 2.30. The summed E-state index contributed by atoms with van der Waals surface area (Å²) in [4.78, 5) is 13.7. The highest BCUT2D eigenvalue weighted by molar-refractivity contribution is 5.44. The number of carbonyl (C=O) groups is 1. The first-order chi connectivity index (χ1) is 9.10. The molecule has 0 N–H and O–H groups in total. The monoisotopic (exact) mass is 274 g/mol. The van der Waals surface area contributed by atoms with Gasteiger partial charge in [-0.3, -0.25) is 0 Å². The fourth-order valence-electron chi connectivity index (χ4n) is 1.68. The van der Waals surface area contributed by atoms with Crippen LogP contribution in [-0.2, 0) is 9.53 Å². The van der Waals surface area contributed by atoms with Crippen LogP contribution in [0.3, 0.4) is 0 Å². The van der Waals surface area contributed by atoms with E-state index in [1.807, 2.05) is 13.8 Å². The lowest BCUT2D eigenvalue weighted by Gasteiger charge is -2.32. The molecular formula is C15H34N2O2. The van der Waals surface area contributed by atoms with Crippen molar-refractivity contribution in [2.24, 2.45) is 0 Å². The van der Waals surface area contributed by atoms with Gasteiger partial charge >= 0.3 is 0 Å². The summed E-state index contributed by atoms with van der Waals surface area (Å²) >= 11 is 0. The molecule has 4 heteroatoms. The molecular weight excluding hydrogens is 240 g/mol. The average molecular weight is 274 g/mol. The van der Waals surface area contributed by atoms with Crippen LogP contribution in [0.5, 0.6) is 0 Å². The predicted octanol–water partition coefficient (Wildman–Crippen LogP) is 2.28. The fourth-order valence-corrected chi connectivity index (χ4v) is 1.68. The van der Waals surface area contributed by atoms with Crippen LogP contribution in [0.15, 0.2) is 0 Å². The summed E-state index contributed by atoms with van der Waals surface area (Å²) < 4.78 is 5.52. The zero-order valence-corrected chi connectivity index (χ0v) is 13.8. The van der Waals surface area contributed by atoms with Crippen molar-refractivity contribution in [3.8, 4) is 0 Å². The van der Waals surface area contributed by atoms with Gasteiger partial charge in [-0.2, -0.15) is 0 Å². The molecule has 1 fully saturated rings. The molecule has 19 heavy (non-hydrogen) atoms. The summed E-state index contributed by atoms with van der Waals surface area (Å²) in [6, 6.07) is 0. The first kappa shape index (κ1) is 20.9. The van der Waals surface area contributed by atoms with Crippen LogP contribution in [0, 0.1) is 0 Å². The van der Waals surface area contributed by atoms with Crippen LogP contribution in [0.2, 0.25) is 0 Å². The molecule has 0 aromatic rings. The van der Waals surface area contributed by atoms with Crippen molar-refractivity contribution in [3.05, 3.63) is 0 Å². The van der Waals surface area contributed by atoms with Crippen LogP contribution < -0.4 is 0 Å². The van der Waals surface area contributed by atoms with E-state index in [0.29, 0.717) is 6.10 Å². The lowest BCUT2D eigenvalue weighted by atomic mass is 10.3. The Bertz CT molecular complexity index is 179. The molecule has 0 radical (unpaired) electrons. The Hall–Kier alpha value is -0.450. The van der Waals surface area contributed by atoms with E-state index in [-0.39, 0.29) is 0 Å². The molecule has 0 amide bonds. The van der Waals surface area contributed by atoms with Gasteiger partial charge < -0.3 is 19.3 Å². The van der Waals surface area contributed by atoms with Crippen LogP contribution in [-0.4, -0.2) is 68.6 Å². The maximum absolute atomic E-state index is 8.81. The Morgan fingerprint density at radius 3 is 2.05 bits per heavy atom. The lowest BCUT2D eigenvalue weighted by molar-refractivity contribution is -0.106. The molecule has 1 rings (SSSR count). The van der Waals surface area contributed by atoms with E-state index in [1.165, 1.54) is 46.1 Å². The molecule has 116 valence electrons. The van der Waals surface area contributed by atoms with Gasteiger partial charge in [-0.25, -0.2) is 0 Å². The molecule has 0 saturated carbocycles. The summed E-state index contributed by atoms with van der Waals surface area (Å²) in [5.74, 6) is 0. The molecule has 0 aromatic heterocycles. The van der Waals surface area contributed by atoms with E-state index in [2.05, 4.69) is 30.7 Å². The second kappa shape index (κ2) is 15.6. The topological polar surface area (TPSA) is 32.8 Å². The predicted molar refractivity (Wildman–Crippen MR) is 82.7 cm³/mol. The molecule has 1 aliphatic heterocycles. The average Bonchev–Trinajstić information content (AvgIpc) is 2.40. The number of ether oxygens (including phenoxy) is 1. The Balaban J connectivity index is 0. The number of likely N-dealkylation sites (N-methyl/N-ethyl adjacent to an activating group) is 1. The Morgan fingerprint density at radius 2 is 1.63 bits per heavy atom. The molecule has 0 spiro atoms. The number of piperazine rings is 1. The highest BCUT2D eigenvalue weighted by Gasteiger charge is 2.12. The van der Waals surface area contributed by atoms with Crippen LogP contribution in [0.1, 0.15) is 41.0 Å². The molecule has 1 saturated heterocycles. The Morgan fingerprint density at radius 1 is 1.16 bits per heavy atom. The zero-order valence-electron chi connectivity index (χ0n) is 13.8. The molecule has 0 atom stereocenters. The van der Waals surface area contributed by atoms with Crippen molar-refractivity contribution < 1.29 is 9.53 Å². The standard InChI is InChI=1S/C11H24N2O.C2H4O.C2H6/c1-11(2)14-10-4-5-13-8-6-12(3)7-9-13;1-2-3;1-2/h11H,4-10H2,1-3H3;2H,1H3;1-2H3. The second-order valence-electron chi connectivity index (χ2n) is 4.65. The maximum Gasteiger partial charge on any atom is 0.116 e. The van der Waals surface area contributed by atoms with Crippen LogP contribution in [0.4, 0.5) is 0 Å². The smallest absolute Gasteiger partial charge is 0.116 e. The summed E-state index contributed by atoms with van der Waals surface area (Å²) in [5, 5.41) is 0. The van der Waals surface area contributed by atoms with Gasteiger partial charge in [0.05, 0.1) is 6.10 Å². The van der Waals surface area contributed by atoms with Crippen LogP contribution in [0.25, 0.3) is 0 Å². The van der Waals surface area contributed by atoms with Gasteiger partial charge in [0.2, 0.25) is 0 Å². The number of hydrogen-bond acceptors (Lipinski definition) is 4. The molecule has 0 bridgehead atoms. The third kappa shape index (κ3) is 15.5. The van der Waals surface area contributed by atoms with Gasteiger partial charge in [0.1, 0.15) is 6.29 Å². The fraction of sp³-hybridized carbons (Fsp3) is 0.933. The van der Waals surface area contributed by atoms with Crippen LogP contribution >= 0.6 is 0 Å². The molecule has 0 aliphatic carbocycles. The zero-order chi connectivity index (χ0) is 15.1. The van der Waals surface area contributed by atoms with Crippen molar-refractivity contribution in [2.75, 3.05) is 46.4 Å². The molecule has 4 nitrogen and oxygen atoms in total. The largest absolute Gasteiger partial charge is 0.379 e. The number of rotatable bonds is 5. The van der Waals surface area contributed by atoms with E-state index in [9.17, 15) is 0 Å². The van der Waals surface area contributed by atoms with Crippen molar-refractivity contribution in [1.82, 2.24) is 9.80 Å². The van der Waals surface area contributed by atoms with Crippen molar-refractivity contribution in [1.29, 1.82) is 0 Å². The highest BCUT2D eigenvalue weighted by atomic mass is 16.5. The molecule has 1 heterocycles. The minimum absolute atomic E-state index is 0.377. The highest BCUT2D eigenvalue weighted by Crippen LogP contribution is 2.00. The van der Waals surface area contributed by atoms with E-state index >= 15 is 0 Å². The van der Waals surface area contributed by atoms with E-state index in [1.54, 1.807) is 0 Å². The Labute approximate surface area is 120 Å². The first-order valence-corrected chi connectivity index (χ1v) is 7.52. The molecule has 1 aliphatic rings. The van der Waals surface area contributed by atoms with E-state index in [4.69, 9.17) is 9.53 Å². The molecule has 0 unspecified atom stereocenters. The van der Waals surface area contributed by atoms with E-state index < -0.39 is 0 Å². The SMILES string of the molecule is CC.CC(C)OCCCN1CCN(C)CC1.CC=O. The lowest BCUT2D eigenvalue weighted by Crippen LogP contribution is -2.44. The molecule has 0 aromatic carbocycles. The maximum atomic E-state index is 8.81. The van der Waals surface area contributed by atoms with Gasteiger partial charge in [0.25, 0.3) is 0 Å². The van der Waals surface area contributed by atoms with Crippen molar-refractivity contribution in [3.63, 3.8) is 0 Å². The summed E-state index contributed by atoms with van der Waals surface area (Å²) in [7, 11) is 2.19. The van der Waals surface area contributed by atoms with Gasteiger partial charge in [-0.15, -0.1) is 0 Å². The summed E-state index contributed by atoms with van der Waals surface area (Å²) in [6.45, 7) is 16.6. The first-order valence-electron chi connectivity index (χ1n) is 7.52. The van der Waals surface area contributed by atoms with Crippen molar-refractivity contribution in [2.45, 2.75) is 47.1 Å². The van der Waals surface area contributed by atoms with E-state index in [0.717, 1.165) is 12.9 Å². The van der Waals surface area contributed by atoms with Gasteiger partial charge in [0, 0.05) is 39.3 Å². The third-order valence-corrected chi connectivity index (χ3v) is 2.67. The third-order valence-electron chi connectivity index (χ3n) is 2.67. The normalized spacial score (nSPS) is 16.2. The van der Waals surface area contributed by atoms with Gasteiger partial charge in [-0.1, -0.05) is 13.8 Å². The van der Waals surface area contributed by atoms with Gasteiger partial charge in [-0.05, 0) is 34.2 Å². The number of nitrogens with zero attached hydrogens (tertiary/aromatic N) is 2. The second-order valence-corrected chi connectivity index (χ2v) is 4.65.